The predicted octanol–water partition coefficient (Wildman–Crippen LogP) is 2.34. The fourth-order valence-corrected chi connectivity index (χ4v) is 4.43. The zero-order chi connectivity index (χ0) is 21.7. The predicted molar refractivity (Wildman–Crippen MR) is 118 cm³/mol. The van der Waals surface area contributed by atoms with Crippen LogP contribution in [0.15, 0.2) is 45.1 Å². The lowest BCUT2D eigenvalue weighted by Gasteiger charge is -2.40. The van der Waals surface area contributed by atoms with Crippen LogP contribution < -0.4 is 0 Å². The highest BCUT2D eigenvalue weighted by Crippen LogP contribution is 2.37. The minimum Gasteiger partial charge on any atom is -0.313 e. The van der Waals surface area contributed by atoms with Crippen molar-refractivity contribution >= 4 is 33.8 Å². The van der Waals surface area contributed by atoms with Gasteiger partial charge in [0.05, 0.1) is 6.54 Å². The Hall–Kier alpha value is -2.39. The molecule has 0 saturated carbocycles. The van der Waals surface area contributed by atoms with Gasteiger partial charge in [0.2, 0.25) is 5.96 Å². The van der Waals surface area contributed by atoms with Gasteiger partial charge in [-0.2, -0.15) is 0 Å². The highest BCUT2D eigenvalue weighted by molar-refractivity contribution is 9.10. The van der Waals surface area contributed by atoms with Gasteiger partial charge in [0.25, 0.3) is 5.91 Å². The van der Waals surface area contributed by atoms with E-state index in [0.29, 0.717) is 0 Å². The number of likely N-dealkylation sites (N-methyl/N-ethyl adjacent to an activating group) is 2. The summed E-state index contributed by atoms with van der Waals surface area (Å²) in [5.41, 5.74) is 3.02. The number of benzene rings is 1. The van der Waals surface area contributed by atoms with Crippen molar-refractivity contribution < 1.29 is 9.59 Å². The normalized spacial score (nSPS) is 23.6. The van der Waals surface area contributed by atoms with Crippen LogP contribution in [0.2, 0.25) is 0 Å². The Labute approximate surface area is 185 Å². The number of hydrogen-bond donors (Lipinski definition) is 0. The van der Waals surface area contributed by atoms with Crippen LogP contribution in [-0.2, 0) is 11.3 Å². The lowest BCUT2D eigenvalue weighted by atomic mass is 10.1. The summed E-state index contributed by atoms with van der Waals surface area (Å²) in [6.07, 6.45) is -0.508. The average Bonchev–Trinajstić information content (AvgIpc) is 3.20. The maximum atomic E-state index is 13.5. The molecule has 160 valence electrons. The topological polar surface area (TPSA) is 62.7 Å². The van der Waals surface area contributed by atoms with E-state index in [2.05, 4.69) is 32.7 Å². The van der Waals surface area contributed by atoms with Crippen molar-refractivity contribution in [2.24, 2.45) is 4.99 Å². The third-order valence-corrected chi connectivity index (χ3v) is 6.56. The monoisotopic (exact) mass is 474 g/mol. The molecule has 2 unspecified atom stereocenters. The molecule has 2 atom stereocenters. The van der Waals surface area contributed by atoms with E-state index in [-0.39, 0.29) is 18.5 Å². The smallest absolute Gasteiger partial charge is 0.313 e. The number of halogens is 1. The number of allylic oxidation sites excluding steroid dienone is 2. The van der Waals surface area contributed by atoms with Crippen molar-refractivity contribution in [3.8, 4) is 0 Å². The number of carbonyl (C=O) groups is 2. The van der Waals surface area contributed by atoms with Crippen LogP contribution in [0.1, 0.15) is 19.4 Å². The summed E-state index contributed by atoms with van der Waals surface area (Å²) in [6, 6.07) is 6.82. The Morgan fingerprint density at radius 3 is 2.37 bits per heavy atom. The molecule has 1 aromatic carbocycles. The number of rotatable bonds is 5. The zero-order valence-corrected chi connectivity index (χ0v) is 19.5. The number of imide groups is 1. The summed E-state index contributed by atoms with van der Waals surface area (Å²) in [7, 11) is 5.79. The third kappa shape index (κ3) is 3.30. The molecule has 0 aromatic heterocycles. The highest BCUT2D eigenvalue weighted by atomic mass is 79.9. The number of fused-ring (bicyclic) bond motifs is 3. The first-order chi connectivity index (χ1) is 14.2. The van der Waals surface area contributed by atoms with E-state index in [9.17, 15) is 9.59 Å². The molecule has 1 fully saturated rings. The molecule has 0 spiro atoms. The molecular formula is C21H27BrN6O2. The van der Waals surface area contributed by atoms with Crippen molar-refractivity contribution in [2.45, 2.75) is 32.6 Å². The van der Waals surface area contributed by atoms with Crippen LogP contribution in [0.5, 0.6) is 0 Å². The molecule has 3 aliphatic rings. The Morgan fingerprint density at radius 1 is 1.07 bits per heavy atom. The zero-order valence-electron chi connectivity index (χ0n) is 18.0. The van der Waals surface area contributed by atoms with E-state index >= 15 is 0 Å². The maximum absolute atomic E-state index is 13.5. The number of guanidine groups is 1. The molecule has 0 radical (unpaired) electrons. The summed E-state index contributed by atoms with van der Waals surface area (Å²) < 4.78 is 0.958. The van der Waals surface area contributed by atoms with Gasteiger partial charge in [0.1, 0.15) is 0 Å². The van der Waals surface area contributed by atoms with Crippen LogP contribution in [0.3, 0.4) is 0 Å². The maximum Gasteiger partial charge on any atom is 0.328 e. The van der Waals surface area contributed by atoms with Gasteiger partial charge in [-0.15, -0.1) is 0 Å². The number of nitrogens with zero attached hydrogens (tertiary/aromatic N) is 6. The molecule has 4 rings (SSSR count). The Balaban J connectivity index is 1.63. The molecule has 9 heteroatoms. The Morgan fingerprint density at radius 2 is 1.73 bits per heavy atom. The first-order valence-corrected chi connectivity index (χ1v) is 10.8. The molecule has 3 heterocycles. The van der Waals surface area contributed by atoms with Gasteiger partial charge in [-0.05, 0) is 45.6 Å². The number of hydrogen-bond acceptors (Lipinski definition) is 6. The molecule has 3 amide bonds. The van der Waals surface area contributed by atoms with Crippen molar-refractivity contribution in [3.63, 3.8) is 0 Å². The SMILES string of the molecule is CC1=C(C)N2C(=NC3C2C(=O)N(Cc2ccc(Br)cc2)C(=O)N3C)N1CCN(C)C. The van der Waals surface area contributed by atoms with Crippen molar-refractivity contribution in [1.82, 2.24) is 24.5 Å². The summed E-state index contributed by atoms with van der Waals surface area (Å²) in [5, 5.41) is 0. The Kier molecular flexibility index (Phi) is 5.36. The van der Waals surface area contributed by atoms with Crippen molar-refractivity contribution in [3.05, 3.63) is 45.7 Å². The van der Waals surface area contributed by atoms with Crippen LogP contribution in [0.25, 0.3) is 0 Å². The van der Waals surface area contributed by atoms with E-state index in [4.69, 9.17) is 4.99 Å². The van der Waals surface area contributed by atoms with Gasteiger partial charge in [0, 0.05) is 36.0 Å². The average molecular weight is 475 g/mol. The molecule has 1 saturated heterocycles. The lowest BCUT2D eigenvalue weighted by molar-refractivity contribution is -0.137. The van der Waals surface area contributed by atoms with Crippen molar-refractivity contribution in [2.75, 3.05) is 34.2 Å². The summed E-state index contributed by atoms with van der Waals surface area (Å²) >= 11 is 3.42. The van der Waals surface area contributed by atoms with E-state index in [1.807, 2.05) is 50.2 Å². The third-order valence-electron chi connectivity index (χ3n) is 6.03. The molecule has 0 aliphatic carbocycles. The molecular weight excluding hydrogens is 448 g/mol. The van der Waals surface area contributed by atoms with Crippen LogP contribution in [0, 0.1) is 0 Å². The first-order valence-electron chi connectivity index (χ1n) is 10.00. The van der Waals surface area contributed by atoms with Crippen LogP contribution in [-0.4, -0.2) is 88.8 Å². The van der Waals surface area contributed by atoms with Gasteiger partial charge >= 0.3 is 6.03 Å². The summed E-state index contributed by atoms with van der Waals surface area (Å²) in [4.78, 5) is 40.6. The van der Waals surface area contributed by atoms with E-state index in [1.165, 1.54) is 4.90 Å². The minimum atomic E-state index is -0.530. The minimum absolute atomic E-state index is 0.202. The number of carbonyl (C=O) groups excluding carboxylic acids is 2. The Bertz CT molecular complexity index is 941. The van der Waals surface area contributed by atoms with Gasteiger partial charge < -0.3 is 14.7 Å². The second kappa shape index (κ2) is 7.70. The number of urea groups is 1. The first kappa shape index (κ1) is 20.9. The van der Waals surface area contributed by atoms with Crippen molar-refractivity contribution in [1.29, 1.82) is 0 Å². The quantitative estimate of drug-likeness (QED) is 0.655. The second-order valence-corrected chi connectivity index (χ2v) is 9.14. The fraction of sp³-hybridized carbons (Fsp3) is 0.476. The molecule has 30 heavy (non-hydrogen) atoms. The standard InChI is InChI=1S/C21H27BrN6O2/c1-13-14(2)28-17-18(23-20(28)26(13)11-10-24(3)4)25(5)21(30)27(19(17)29)12-15-6-8-16(22)9-7-15/h6-9,17-18H,10-12H2,1-5H3. The van der Waals surface area contributed by atoms with Crippen LogP contribution >= 0.6 is 15.9 Å². The second-order valence-electron chi connectivity index (χ2n) is 8.23. The summed E-state index contributed by atoms with van der Waals surface area (Å²) in [6.45, 7) is 5.96. The summed E-state index contributed by atoms with van der Waals surface area (Å²) in [5.74, 6) is 0.562. The van der Waals surface area contributed by atoms with Gasteiger partial charge in [-0.3, -0.25) is 14.6 Å². The fourth-order valence-electron chi connectivity index (χ4n) is 4.17. The molecule has 8 nitrogen and oxygen atoms in total. The molecule has 1 aromatic rings. The number of amides is 3. The van der Waals surface area contributed by atoms with Gasteiger partial charge in [-0.25, -0.2) is 9.79 Å². The molecule has 3 aliphatic heterocycles. The highest BCUT2D eigenvalue weighted by Gasteiger charge is 2.55. The lowest BCUT2D eigenvalue weighted by Crippen LogP contribution is -2.64. The van der Waals surface area contributed by atoms with E-state index in [1.54, 1.807) is 11.9 Å². The van der Waals surface area contributed by atoms with Gasteiger partial charge in [-0.1, -0.05) is 28.1 Å². The largest absolute Gasteiger partial charge is 0.328 e. The van der Waals surface area contributed by atoms with Gasteiger partial charge in [0.15, 0.2) is 12.2 Å². The van der Waals surface area contributed by atoms with E-state index < -0.39 is 12.2 Å². The molecule has 0 N–H and O–H groups in total. The molecule has 0 bridgehead atoms. The van der Waals surface area contributed by atoms with Crippen LogP contribution in [0.4, 0.5) is 4.79 Å². The number of aliphatic imine (C=N–C) groups is 1. The van der Waals surface area contributed by atoms with E-state index in [0.717, 1.165) is 40.5 Å².